The second-order valence-electron chi connectivity index (χ2n) is 4.32. The number of hydrogen-bond acceptors (Lipinski definition) is 3. The Bertz CT molecular complexity index is 769. The number of nitrogens with zero attached hydrogens (tertiary/aromatic N) is 1. The number of carbonyl (C=O) groups is 1. The quantitative estimate of drug-likeness (QED) is 0.778. The first-order chi connectivity index (χ1) is 9.72. The van der Waals surface area contributed by atoms with Crippen LogP contribution in [0.3, 0.4) is 0 Å². The molecule has 1 aromatic carbocycles. The molecule has 0 saturated heterocycles. The van der Waals surface area contributed by atoms with Crippen LogP contribution in [0.2, 0.25) is 0 Å². The summed E-state index contributed by atoms with van der Waals surface area (Å²) in [7, 11) is 0. The Morgan fingerprint density at radius 1 is 1.30 bits per heavy atom. The summed E-state index contributed by atoms with van der Waals surface area (Å²) in [6.07, 6.45) is 1.75. The minimum atomic E-state index is -0.0692. The molecule has 1 amide bonds. The normalized spacial score (nSPS) is 10.7. The molecular weight excluding hydrogens is 336 g/mol. The molecule has 0 aliphatic carbocycles. The molecule has 0 aliphatic heterocycles. The van der Waals surface area contributed by atoms with E-state index in [1.807, 2.05) is 35.7 Å². The summed E-state index contributed by atoms with van der Waals surface area (Å²) in [5, 5.41) is 5.90. The molecule has 0 unspecified atom stereocenters. The topological polar surface area (TPSA) is 42.0 Å². The second kappa shape index (κ2) is 5.73. The van der Waals surface area contributed by atoms with Gasteiger partial charge in [0.25, 0.3) is 5.91 Å². The lowest BCUT2D eigenvalue weighted by Gasteiger charge is -2.05. The fourth-order valence-electron chi connectivity index (χ4n) is 1.93. The van der Waals surface area contributed by atoms with E-state index in [0.717, 1.165) is 20.3 Å². The van der Waals surface area contributed by atoms with Gasteiger partial charge in [-0.25, -0.2) is 0 Å². The first-order valence-corrected chi connectivity index (χ1v) is 7.75. The number of nitrogens with one attached hydrogen (secondary N) is 1. The predicted molar refractivity (Wildman–Crippen MR) is 84.9 cm³/mol. The van der Waals surface area contributed by atoms with Crippen LogP contribution in [-0.4, -0.2) is 10.9 Å². The number of halogens is 1. The van der Waals surface area contributed by atoms with Crippen molar-refractivity contribution in [3.8, 4) is 0 Å². The van der Waals surface area contributed by atoms with Gasteiger partial charge in [0.2, 0.25) is 0 Å². The van der Waals surface area contributed by atoms with Crippen molar-refractivity contribution in [2.24, 2.45) is 0 Å². The number of fused-ring (bicyclic) bond motifs is 1. The summed E-state index contributed by atoms with van der Waals surface area (Å²) in [5.41, 5.74) is 1.55. The maximum Gasteiger partial charge on any atom is 0.251 e. The summed E-state index contributed by atoms with van der Waals surface area (Å²) in [5.74, 6) is -0.0692. The molecule has 2 aromatic heterocycles. The monoisotopic (exact) mass is 346 g/mol. The van der Waals surface area contributed by atoms with Crippen molar-refractivity contribution in [2.75, 3.05) is 0 Å². The number of amides is 1. The fourth-order valence-corrected chi connectivity index (χ4v) is 3.32. The summed E-state index contributed by atoms with van der Waals surface area (Å²) in [6, 6.07) is 11.4. The SMILES string of the molecule is O=C(NCc1cc(Br)cs1)c1ccc2ncccc2c1. The molecular formula is C15H11BrN2OS. The average molecular weight is 347 g/mol. The number of benzene rings is 1. The minimum Gasteiger partial charge on any atom is -0.347 e. The highest BCUT2D eigenvalue weighted by molar-refractivity contribution is 9.10. The largest absolute Gasteiger partial charge is 0.347 e. The Hall–Kier alpha value is -1.72. The second-order valence-corrected chi connectivity index (χ2v) is 6.24. The summed E-state index contributed by atoms with van der Waals surface area (Å²) in [4.78, 5) is 17.5. The molecule has 0 spiro atoms. The van der Waals surface area contributed by atoms with E-state index in [4.69, 9.17) is 0 Å². The van der Waals surface area contributed by atoms with Crippen LogP contribution in [0, 0.1) is 0 Å². The van der Waals surface area contributed by atoms with E-state index in [9.17, 15) is 4.79 Å². The van der Waals surface area contributed by atoms with Crippen LogP contribution < -0.4 is 5.32 Å². The van der Waals surface area contributed by atoms with Crippen molar-refractivity contribution in [3.05, 3.63) is 62.9 Å². The van der Waals surface area contributed by atoms with Gasteiger partial charge in [-0.05, 0) is 46.3 Å². The molecule has 0 fully saturated rings. The lowest BCUT2D eigenvalue weighted by molar-refractivity contribution is 0.0951. The minimum absolute atomic E-state index is 0.0692. The van der Waals surface area contributed by atoms with E-state index >= 15 is 0 Å². The summed E-state index contributed by atoms with van der Waals surface area (Å²) < 4.78 is 1.04. The standard InChI is InChI=1S/C15H11BrN2OS/c16-12-7-13(20-9-12)8-18-15(19)11-3-4-14-10(6-11)2-1-5-17-14/h1-7,9H,8H2,(H,18,19). The van der Waals surface area contributed by atoms with Gasteiger partial charge in [0.05, 0.1) is 12.1 Å². The molecule has 2 heterocycles. The molecule has 3 nitrogen and oxygen atoms in total. The third-order valence-electron chi connectivity index (χ3n) is 2.91. The summed E-state index contributed by atoms with van der Waals surface area (Å²) >= 11 is 5.02. The molecule has 0 radical (unpaired) electrons. The Balaban J connectivity index is 1.75. The Morgan fingerprint density at radius 3 is 3.00 bits per heavy atom. The number of hydrogen-bond donors (Lipinski definition) is 1. The van der Waals surface area contributed by atoms with E-state index in [2.05, 4.69) is 26.2 Å². The lowest BCUT2D eigenvalue weighted by atomic mass is 10.1. The number of rotatable bonds is 3. The zero-order valence-corrected chi connectivity index (χ0v) is 12.9. The van der Waals surface area contributed by atoms with Crippen LogP contribution in [0.4, 0.5) is 0 Å². The smallest absolute Gasteiger partial charge is 0.251 e. The number of carbonyl (C=O) groups excluding carboxylic acids is 1. The van der Waals surface area contributed by atoms with Crippen LogP contribution in [-0.2, 0) is 6.54 Å². The van der Waals surface area contributed by atoms with Gasteiger partial charge in [0, 0.05) is 31.9 Å². The van der Waals surface area contributed by atoms with Crippen molar-refractivity contribution in [2.45, 2.75) is 6.54 Å². The Labute approximate surface area is 128 Å². The van der Waals surface area contributed by atoms with Gasteiger partial charge in [-0.1, -0.05) is 6.07 Å². The fraction of sp³-hybridized carbons (Fsp3) is 0.0667. The molecule has 3 rings (SSSR count). The van der Waals surface area contributed by atoms with Crippen LogP contribution in [0.25, 0.3) is 10.9 Å². The van der Waals surface area contributed by atoms with E-state index in [0.29, 0.717) is 12.1 Å². The Morgan fingerprint density at radius 2 is 2.20 bits per heavy atom. The van der Waals surface area contributed by atoms with Crippen molar-refractivity contribution in [1.29, 1.82) is 0 Å². The molecule has 1 N–H and O–H groups in total. The maximum atomic E-state index is 12.1. The highest BCUT2D eigenvalue weighted by Crippen LogP contribution is 2.19. The highest BCUT2D eigenvalue weighted by Gasteiger charge is 2.07. The van der Waals surface area contributed by atoms with Crippen LogP contribution >= 0.6 is 27.3 Å². The average Bonchev–Trinajstić information content (AvgIpc) is 2.90. The maximum absolute atomic E-state index is 12.1. The van der Waals surface area contributed by atoms with Crippen molar-refractivity contribution >= 4 is 44.1 Å². The number of pyridine rings is 1. The van der Waals surface area contributed by atoms with Crippen molar-refractivity contribution in [3.63, 3.8) is 0 Å². The van der Waals surface area contributed by atoms with Gasteiger partial charge in [-0.2, -0.15) is 0 Å². The van der Waals surface area contributed by atoms with Crippen LogP contribution in [0.5, 0.6) is 0 Å². The third kappa shape index (κ3) is 2.89. The van der Waals surface area contributed by atoms with Gasteiger partial charge in [0.1, 0.15) is 0 Å². The molecule has 0 saturated carbocycles. The first-order valence-electron chi connectivity index (χ1n) is 6.08. The van der Waals surface area contributed by atoms with E-state index in [1.165, 1.54) is 0 Å². The Kier molecular flexibility index (Phi) is 3.80. The van der Waals surface area contributed by atoms with E-state index < -0.39 is 0 Å². The zero-order valence-electron chi connectivity index (χ0n) is 10.5. The van der Waals surface area contributed by atoms with Crippen molar-refractivity contribution < 1.29 is 4.79 Å². The highest BCUT2D eigenvalue weighted by atomic mass is 79.9. The van der Waals surface area contributed by atoms with Gasteiger partial charge in [0.15, 0.2) is 0 Å². The molecule has 0 atom stereocenters. The van der Waals surface area contributed by atoms with Gasteiger partial charge < -0.3 is 5.32 Å². The first kappa shape index (κ1) is 13.3. The molecule has 100 valence electrons. The van der Waals surface area contributed by atoms with Gasteiger partial charge in [-0.15, -0.1) is 11.3 Å². The summed E-state index contributed by atoms with van der Waals surface area (Å²) in [6.45, 7) is 0.542. The lowest BCUT2D eigenvalue weighted by Crippen LogP contribution is -2.22. The van der Waals surface area contributed by atoms with Gasteiger partial charge >= 0.3 is 0 Å². The number of thiophene rings is 1. The number of aromatic nitrogens is 1. The molecule has 20 heavy (non-hydrogen) atoms. The zero-order chi connectivity index (χ0) is 13.9. The third-order valence-corrected chi connectivity index (χ3v) is 4.61. The predicted octanol–water partition coefficient (Wildman–Crippen LogP) is 3.99. The molecule has 3 aromatic rings. The van der Waals surface area contributed by atoms with Crippen LogP contribution in [0.15, 0.2) is 52.4 Å². The van der Waals surface area contributed by atoms with E-state index in [1.54, 1.807) is 23.6 Å². The molecule has 0 aliphatic rings. The van der Waals surface area contributed by atoms with E-state index in [-0.39, 0.29) is 5.91 Å². The van der Waals surface area contributed by atoms with Crippen LogP contribution in [0.1, 0.15) is 15.2 Å². The van der Waals surface area contributed by atoms with Crippen molar-refractivity contribution in [1.82, 2.24) is 10.3 Å². The van der Waals surface area contributed by atoms with Gasteiger partial charge in [-0.3, -0.25) is 9.78 Å². The molecule has 5 heteroatoms. The molecule has 0 bridgehead atoms.